The minimum atomic E-state index is -2.74. The summed E-state index contributed by atoms with van der Waals surface area (Å²) in [6.07, 6.45) is 4.93. The van der Waals surface area contributed by atoms with E-state index < -0.39 is 6.72 Å². The Bertz CT molecular complexity index is 828. The highest BCUT2D eigenvalue weighted by molar-refractivity contribution is 8.07. The van der Waals surface area contributed by atoms with E-state index in [4.69, 9.17) is 35.8 Å². The number of fused-ring (bicyclic) bond motifs is 2. The van der Waals surface area contributed by atoms with Crippen molar-refractivity contribution in [1.29, 1.82) is 0 Å². The highest BCUT2D eigenvalue weighted by atomic mass is 32.5. The Labute approximate surface area is 143 Å². The Hall–Kier alpha value is -1.35. The summed E-state index contributed by atoms with van der Waals surface area (Å²) in [7, 11) is 0. The molecule has 0 amide bonds. The number of ether oxygens (including phenoxy) is 1. The van der Waals surface area contributed by atoms with Crippen LogP contribution in [0.4, 0.5) is 5.69 Å². The van der Waals surface area contributed by atoms with Gasteiger partial charge in [-0.25, -0.2) is 9.97 Å². The monoisotopic (exact) mass is 368 g/mol. The van der Waals surface area contributed by atoms with Gasteiger partial charge in [0, 0.05) is 12.6 Å². The van der Waals surface area contributed by atoms with Crippen molar-refractivity contribution >= 4 is 35.4 Å². The van der Waals surface area contributed by atoms with Gasteiger partial charge in [0.15, 0.2) is 5.65 Å². The molecule has 0 bridgehead atoms. The fraction of sp³-hybridized carbons (Fsp3) is 0.429. The topological polar surface area (TPSA) is 93.7 Å². The fourth-order valence-electron chi connectivity index (χ4n) is 2.87. The summed E-state index contributed by atoms with van der Waals surface area (Å²) in [4.78, 5) is 8.68. The molecule has 24 heavy (non-hydrogen) atoms. The van der Waals surface area contributed by atoms with Crippen LogP contribution in [0.15, 0.2) is 31.2 Å². The molecule has 10 heteroatoms. The van der Waals surface area contributed by atoms with Gasteiger partial charge in [0.2, 0.25) is 0 Å². The van der Waals surface area contributed by atoms with Crippen LogP contribution in [0.1, 0.15) is 12.6 Å². The van der Waals surface area contributed by atoms with Crippen molar-refractivity contribution in [2.75, 3.05) is 18.9 Å². The predicted octanol–water partition coefficient (Wildman–Crippen LogP) is 2.14. The lowest BCUT2D eigenvalue weighted by molar-refractivity contribution is -0.0603. The molecule has 2 fully saturated rings. The molecule has 0 saturated carbocycles. The van der Waals surface area contributed by atoms with Crippen molar-refractivity contribution < 1.29 is 18.3 Å². The highest BCUT2D eigenvalue weighted by Gasteiger charge is 2.45. The van der Waals surface area contributed by atoms with Gasteiger partial charge in [-0.15, -0.1) is 6.58 Å². The molecule has 2 aromatic rings. The minimum absolute atomic E-state index is 0.182. The highest BCUT2D eigenvalue weighted by Crippen LogP contribution is 2.56. The maximum Gasteiger partial charge on any atom is 0.327 e. The second-order valence-corrected chi connectivity index (χ2v) is 8.52. The molecule has 2 saturated heterocycles. The molecule has 4 atom stereocenters. The van der Waals surface area contributed by atoms with Gasteiger partial charge in [-0.05, 0) is 17.9 Å². The molecule has 0 aromatic carbocycles. The second kappa shape index (κ2) is 6.18. The van der Waals surface area contributed by atoms with Crippen LogP contribution in [0, 0.1) is 0 Å². The van der Waals surface area contributed by atoms with E-state index in [9.17, 15) is 0 Å². The molecule has 4 heterocycles. The number of nitrogens with two attached hydrogens (primary N) is 1. The van der Waals surface area contributed by atoms with Gasteiger partial charge < -0.3 is 24.0 Å². The SMILES string of the molecule is C=CCOP1(=S)OC[C@H]2O[C@@H](n3cnc4c(N)ccnc43)CC2O1. The smallest absolute Gasteiger partial charge is 0.327 e. The van der Waals surface area contributed by atoms with Crippen molar-refractivity contribution in [1.82, 2.24) is 14.5 Å². The summed E-state index contributed by atoms with van der Waals surface area (Å²) >= 11 is 5.37. The molecule has 0 radical (unpaired) electrons. The van der Waals surface area contributed by atoms with Crippen molar-refractivity contribution in [2.24, 2.45) is 0 Å². The van der Waals surface area contributed by atoms with Gasteiger partial charge in [-0.3, -0.25) is 4.57 Å². The maximum atomic E-state index is 6.04. The first-order chi connectivity index (χ1) is 11.6. The molecular formula is C14H17N4O4PS. The normalized spacial score (nSPS) is 32.8. The van der Waals surface area contributed by atoms with E-state index in [0.717, 1.165) is 0 Å². The van der Waals surface area contributed by atoms with Crippen molar-refractivity contribution in [3.05, 3.63) is 31.2 Å². The molecular weight excluding hydrogens is 351 g/mol. The summed E-state index contributed by atoms with van der Waals surface area (Å²) in [5.41, 5.74) is 7.86. The number of rotatable bonds is 4. The molecule has 4 rings (SSSR count). The minimum Gasteiger partial charge on any atom is -0.397 e. The van der Waals surface area contributed by atoms with Crippen LogP contribution in [0.2, 0.25) is 0 Å². The molecule has 2 N–H and O–H groups in total. The van der Waals surface area contributed by atoms with E-state index in [2.05, 4.69) is 16.5 Å². The number of hydrogen-bond donors (Lipinski definition) is 1. The van der Waals surface area contributed by atoms with E-state index in [1.165, 1.54) is 0 Å². The summed E-state index contributed by atoms with van der Waals surface area (Å²) in [6.45, 7) is 1.52. The Morgan fingerprint density at radius 2 is 2.38 bits per heavy atom. The summed E-state index contributed by atoms with van der Waals surface area (Å²) < 4.78 is 24.9. The molecule has 128 valence electrons. The van der Waals surface area contributed by atoms with Gasteiger partial charge >= 0.3 is 6.72 Å². The zero-order chi connectivity index (χ0) is 16.7. The lowest BCUT2D eigenvalue weighted by Gasteiger charge is -2.32. The number of nitrogens with zero attached hydrogens (tertiary/aromatic N) is 3. The number of hydrogen-bond acceptors (Lipinski definition) is 8. The van der Waals surface area contributed by atoms with Crippen LogP contribution < -0.4 is 5.73 Å². The van der Waals surface area contributed by atoms with Gasteiger partial charge in [0.1, 0.15) is 17.8 Å². The van der Waals surface area contributed by atoms with Crippen molar-refractivity contribution in [3.63, 3.8) is 0 Å². The summed E-state index contributed by atoms with van der Waals surface area (Å²) in [6, 6.07) is 1.72. The third kappa shape index (κ3) is 2.77. The van der Waals surface area contributed by atoms with Crippen LogP contribution in [-0.4, -0.2) is 40.0 Å². The number of imidazole rings is 1. The number of nitrogen functional groups attached to an aromatic ring is 1. The van der Waals surface area contributed by atoms with Crippen molar-refractivity contribution in [2.45, 2.75) is 24.9 Å². The Morgan fingerprint density at radius 3 is 3.21 bits per heavy atom. The molecule has 0 spiro atoms. The van der Waals surface area contributed by atoms with Crippen molar-refractivity contribution in [3.8, 4) is 0 Å². The number of pyridine rings is 1. The first kappa shape index (κ1) is 16.1. The standard InChI is InChI=1S/C14H17N4O4PS/c1-2-5-19-23(24)20-7-11-10(22-23)6-12(21-11)18-8-17-13-9(15)3-4-16-14(13)18/h2-4,8,10-12H,1,5-7H2,(H2,15,16)/t10?,11-,12-,23?/m1/s1. The number of anilines is 1. The number of aromatic nitrogens is 3. The molecule has 8 nitrogen and oxygen atoms in total. The zero-order valence-electron chi connectivity index (χ0n) is 12.8. The molecule has 2 unspecified atom stereocenters. The molecule has 2 aromatic heterocycles. The summed E-state index contributed by atoms with van der Waals surface area (Å²) in [5, 5.41) is 0. The zero-order valence-corrected chi connectivity index (χ0v) is 14.5. The Morgan fingerprint density at radius 1 is 1.50 bits per heavy atom. The van der Waals surface area contributed by atoms with E-state index in [-0.39, 0.29) is 18.4 Å². The van der Waals surface area contributed by atoms with E-state index in [1.807, 2.05) is 4.57 Å². The molecule has 2 aliphatic rings. The molecule has 0 aliphatic carbocycles. The van der Waals surface area contributed by atoms with Crippen LogP contribution >= 0.6 is 6.72 Å². The third-order valence-electron chi connectivity index (χ3n) is 3.99. The fourth-order valence-corrected chi connectivity index (χ4v) is 4.93. The van der Waals surface area contributed by atoms with E-state index in [1.54, 1.807) is 24.7 Å². The Kier molecular flexibility index (Phi) is 4.16. The second-order valence-electron chi connectivity index (χ2n) is 5.56. The van der Waals surface area contributed by atoms with Gasteiger partial charge in [-0.1, -0.05) is 6.08 Å². The predicted molar refractivity (Wildman–Crippen MR) is 91.7 cm³/mol. The van der Waals surface area contributed by atoms with Crippen LogP contribution in [0.3, 0.4) is 0 Å². The maximum absolute atomic E-state index is 6.04. The van der Waals surface area contributed by atoms with Gasteiger partial charge in [-0.2, -0.15) is 0 Å². The molecule has 2 aliphatic heterocycles. The Balaban J connectivity index is 1.55. The lowest BCUT2D eigenvalue weighted by atomic mass is 10.2. The lowest BCUT2D eigenvalue weighted by Crippen LogP contribution is -2.33. The first-order valence-corrected chi connectivity index (χ1v) is 10.1. The quantitative estimate of drug-likeness (QED) is 0.648. The largest absolute Gasteiger partial charge is 0.397 e. The van der Waals surface area contributed by atoms with Crippen LogP contribution in [-0.2, 0) is 30.1 Å². The third-order valence-corrected chi connectivity index (χ3v) is 6.34. The average molecular weight is 368 g/mol. The van der Waals surface area contributed by atoms with Gasteiger partial charge in [0.05, 0.1) is 31.3 Å². The first-order valence-electron chi connectivity index (χ1n) is 7.50. The van der Waals surface area contributed by atoms with Crippen LogP contribution in [0.5, 0.6) is 0 Å². The summed E-state index contributed by atoms with van der Waals surface area (Å²) in [5.74, 6) is 0. The van der Waals surface area contributed by atoms with Crippen LogP contribution in [0.25, 0.3) is 11.2 Å². The average Bonchev–Trinajstić information content (AvgIpc) is 3.17. The van der Waals surface area contributed by atoms with E-state index >= 15 is 0 Å². The van der Waals surface area contributed by atoms with Gasteiger partial charge in [0.25, 0.3) is 0 Å². The van der Waals surface area contributed by atoms with E-state index in [0.29, 0.717) is 36.5 Å².